The van der Waals surface area contributed by atoms with E-state index >= 15 is 0 Å². The van der Waals surface area contributed by atoms with Crippen LogP contribution in [-0.4, -0.2) is 15.6 Å². The van der Waals surface area contributed by atoms with Crippen LogP contribution < -0.4 is 5.73 Å². The number of nitrogens with two attached hydrogens (primary N) is 1. The fraction of sp³-hybridized carbons (Fsp3) is 0.727. The number of rotatable bonds is 2. The van der Waals surface area contributed by atoms with E-state index in [0.717, 1.165) is 19.3 Å². The molecule has 0 spiro atoms. The largest absolute Gasteiger partial charge is 0.332 e. The van der Waals surface area contributed by atoms with Crippen LogP contribution in [0.25, 0.3) is 0 Å². The molecule has 0 bridgehead atoms. The molecule has 0 aromatic carbocycles. The summed E-state index contributed by atoms with van der Waals surface area (Å²) < 4.78 is 2.34. The maximum atomic E-state index is 5.90. The van der Waals surface area contributed by atoms with E-state index < -0.39 is 0 Å². The summed E-state index contributed by atoms with van der Waals surface area (Å²) in [6.45, 7) is 2.18. The van der Waals surface area contributed by atoms with Gasteiger partial charge in [0.25, 0.3) is 0 Å². The molecule has 14 heavy (non-hydrogen) atoms. The van der Waals surface area contributed by atoms with E-state index in [0.29, 0.717) is 12.1 Å². The Morgan fingerprint density at radius 1 is 1.43 bits per heavy atom. The zero-order valence-electron chi connectivity index (χ0n) is 8.82. The monoisotopic (exact) mass is 193 g/mol. The lowest BCUT2D eigenvalue weighted by Gasteiger charge is -2.28. The first-order valence-corrected chi connectivity index (χ1v) is 5.57. The van der Waals surface area contributed by atoms with E-state index in [-0.39, 0.29) is 0 Å². The Hall–Kier alpha value is -0.830. The smallest absolute Gasteiger partial charge is 0.0950 e. The van der Waals surface area contributed by atoms with Gasteiger partial charge >= 0.3 is 0 Å². The molecule has 1 aliphatic carbocycles. The Morgan fingerprint density at radius 3 is 2.79 bits per heavy atom. The molecule has 1 heterocycles. The van der Waals surface area contributed by atoms with Crippen LogP contribution in [0.1, 0.15) is 44.3 Å². The van der Waals surface area contributed by atoms with Crippen molar-refractivity contribution in [3.05, 3.63) is 18.2 Å². The fourth-order valence-electron chi connectivity index (χ4n) is 2.31. The third-order valence-electron chi connectivity index (χ3n) is 3.24. The van der Waals surface area contributed by atoms with E-state index in [9.17, 15) is 0 Å². The van der Waals surface area contributed by atoms with Crippen LogP contribution in [0.4, 0.5) is 0 Å². The summed E-state index contributed by atoms with van der Waals surface area (Å²) in [6.07, 6.45) is 9.77. The average molecular weight is 193 g/mol. The first-order valence-electron chi connectivity index (χ1n) is 5.57. The molecular weight excluding hydrogens is 174 g/mol. The fourth-order valence-corrected chi connectivity index (χ4v) is 2.31. The zero-order chi connectivity index (χ0) is 9.97. The maximum absolute atomic E-state index is 5.90. The standard InChI is InChI=1S/C11H19N3/c1-2-10-7-13-8-14(10)11-5-3-9(12)4-6-11/h7-9,11H,2-6,12H2,1H3. The SMILES string of the molecule is CCc1cncn1C1CCC(N)CC1. The van der Waals surface area contributed by atoms with Crippen molar-refractivity contribution in [1.29, 1.82) is 0 Å². The second-order valence-electron chi connectivity index (χ2n) is 4.21. The van der Waals surface area contributed by atoms with Crippen LogP contribution in [0, 0.1) is 0 Å². The summed E-state index contributed by atoms with van der Waals surface area (Å²) in [5.41, 5.74) is 7.25. The molecule has 1 fully saturated rings. The van der Waals surface area contributed by atoms with Gasteiger partial charge in [-0.05, 0) is 32.1 Å². The predicted molar refractivity (Wildman–Crippen MR) is 57.1 cm³/mol. The highest BCUT2D eigenvalue weighted by atomic mass is 15.1. The van der Waals surface area contributed by atoms with Crippen LogP contribution in [-0.2, 0) is 6.42 Å². The van der Waals surface area contributed by atoms with Gasteiger partial charge in [0.1, 0.15) is 0 Å². The van der Waals surface area contributed by atoms with Gasteiger partial charge in [0.2, 0.25) is 0 Å². The molecule has 1 aromatic rings. The van der Waals surface area contributed by atoms with Gasteiger partial charge in [-0.15, -0.1) is 0 Å². The quantitative estimate of drug-likeness (QED) is 0.779. The second kappa shape index (κ2) is 4.13. The minimum absolute atomic E-state index is 0.430. The summed E-state index contributed by atoms with van der Waals surface area (Å²) in [6, 6.07) is 1.08. The Bertz CT molecular complexity index is 284. The Labute approximate surface area is 85.3 Å². The lowest BCUT2D eigenvalue weighted by molar-refractivity contribution is 0.319. The Balaban J connectivity index is 2.08. The summed E-state index contributed by atoms with van der Waals surface area (Å²) in [7, 11) is 0. The van der Waals surface area contributed by atoms with Crippen molar-refractivity contribution in [2.75, 3.05) is 0 Å². The molecule has 2 rings (SSSR count). The van der Waals surface area contributed by atoms with E-state index in [1.807, 2.05) is 12.5 Å². The van der Waals surface area contributed by atoms with Gasteiger partial charge in [-0.2, -0.15) is 0 Å². The predicted octanol–water partition coefficient (Wildman–Crippen LogP) is 1.89. The summed E-state index contributed by atoms with van der Waals surface area (Å²) >= 11 is 0. The van der Waals surface area contributed by atoms with Crippen molar-refractivity contribution >= 4 is 0 Å². The highest BCUT2D eigenvalue weighted by Crippen LogP contribution is 2.28. The van der Waals surface area contributed by atoms with Crippen molar-refractivity contribution < 1.29 is 0 Å². The number of hydrogen-bond donors (Lipinski definition) is 1. The molecule has 2 N–H and O–H groups in total. The van der Waals surface area contributed by atoms with Gasteiger partial charge in [-0.25, -0.2) is 4.98 Å². The van der Waals surface area contributed by atoms with Crippen molar-refractivity contribution in [3.63, 3.8) is 0 Å². The van der Waals surface area contributed by atoms with E-state index in [1.54, 1.807) is 0 Å². The maximum Gasteiger partial charge on any atom is 0.0950 e. The highest BCUT2D eigenvalue weighted by molar-refractivity contribution is 5.00. The van der Waals surface area contributed by atoms with E-state index in [4.69, 9.17) is 5.73 Å². The molecule has 3 heteroatoms. The summed E-state index contributed by atoms with van der Waals surface area (Å²) in [5, 5.41) is 0. The van der Waals surface area contributed by atoms with Gasteiger partial charge in [-0.1, -0.05) is 6.92 Å². The molecule has 0 amide bonds. The molecule has 0 saturated heterocycles. The molecule has 1 aliphatic rings. The third kappa shape index (κ3) is 1.82. The van der Waals surface area contributed by atoms with Gasteiger partial charge in [0.15, 0.2) is 0 Å². The van der Waals surface area contributed by atoms with Crippen molar-refractivity contribution in [3.8, 4) is 0 Å². The zero-order valence-corrected chi connectivity index (χ0v) is 8.82. The van der Waals surface area contributed by atoms with Crippen molar-refractivity contribution in [2.24, 2.45) is 5.73 Å². The lowest BCUT2D eigenvalue weighted by Crippen LogP contribution is -2.28. The van der Waals surface area contributed by atoms with Crippen molar-refractivity contribution in [2.45, 2.75) is 51.1 Å². The Morgan fingerprint density at radius 2 is 2.14 bits per heavy atom. The lowest BCUT2D eigenvalue weighted by atomic mass is 9.91. The summed E-state index contributed by atoms with van der Waals surface area (Å²) in [4.78, 5) is 4.22. The first kappa shape index (κ1) is 9.71. The molecule has 3 nitrogen and oxygen atoms in total. The molecule has 0 radical (unpaired) electrons. The van der Waals surface area contributed by atoms with Crippen LogP contribution in [0.2, 0.25) is 0 Å². The molecule has 0 aliphatic heterocycles. The van der Waals surface area contributed by atoms with E-state index in [1.165, 1.54) is 18.5 Å². The summed E-state index contributed by atoms with van der Waals surface area (Å²) in [5.74, 6) is 0. The molecular formula is C11H19N3. The van der Waals surface area contributed by atoms with Crippen LogP contribution in [0.5, 0.6) is 0 Å². The van der Waals surface area contributed by atoms with Gasteiger partial charge in [0, 0.05) is 24.0 Å². The molecule has 0 unspecified atom stereocenters. The normalized spacial score (nSPS) is 27.9. The third-order valence-corrected chi connectivity index (χ3v) is 3.24. The average Bonchev–Trinajstić information content (AvgIpc) is 2.67. The number of aromatic nitrogens is 2. The topological polar surface area (TPSA) is 43.8 Å². The molecule has 0 atom stereocenters. The van der Waals surface area contributed by atoms with Crippen LogP contribution in [0.3, 0.4) is 0 Å². The minimum atomic E-state index is 0.430. The second-order valence-corrected chi connectivity index (χ2v) is 4.21. The first-order chi connectivity index (χ1) is 6.81. The molecule has 1 aromatic heterocycles. The molecule has 1 saturated carbocycles. The molecule has 78 valence electrons. The number of nitrogens with zero attached hydrogens (tertiary/aromatic N) is 2. The minimum Gasteiger partial charge on any atom is -0.332 e. The van der Waals surface area contributed by atoms with Gasteiger partial charge in [0.05, 0.1) is 6.33 Å². The number of aryl methyl sites for hydroxylation is 1. The highest BCUT2D eigenvalue weighted by Gasteiger charge is 2.20. The van der Waals surface area contributed by atoms with E-state index in [2.05, 4.69) is 16.5 Å². The number of imidazole rings is 1. The van der Waals surface area contributed by atoms with Crippen LogP contribution in [0.15, 0.2) is 12.5 Å². The van der Waals surface area contributed by atoms with Crippen LogP contribution >= 0.6 is 0 Å². The Kier molecular flexibility index (Phi) is 2.87. The van der Waals surface area contributed by atoms with Gasteiger partial charge < -0.3 is 10.3 Å². The van der Waals surface area contributed by atoms with Gasteiger partial charge in [-0.3, -0.25) is 0 Å². The number of hydrogen-bond acceptors (Lipinski definition) is 2. The van der Waals surface area contributed by atoms with Crippen molar-refractivity contribution in [1.82, 2.24) is 9.55 Å².